The van der Waals surface area contributed by atoms with E-state index < -0.39 is 23.9 Å². The number of aromatic carboxylic acids is 1. The molecule has 0 bridgehead atoms. The second-order valence-corrected chi connectivity index (χ2v) is 7.79. The van der Waals surface area contributed by atoms with Gasteiger partial charge in [-0.15, -0.1) is 0 Å². The second kappa shape index (κ2) is 10.9. The summed E-state index contributed by atoms with van der Waals surface area (Å²) in [7, 11) is 0.676. The van der Waals surface area contributed by atoms with Gasteiger partial charge in [0.1, 0.15) is 5.56 Å². The van der Waals surface area contributed by atoms with Gasteiger partial charge in [-0.25, -0.2) is 19.4 Å². The molecule has 0 aliphatic rings. The van der Waals surface area contributed by atoms with E-state index in [0.29, 0.717) is 23.9 Å². The number of carbonyl (C=O) groups excluding carboxylic acids is 1. The van der Waals surface area contributed by atoms with E-state index >= 15 is 0 Å². The highest BCUT2D eigenvalue weighted by Crippen LogP contribution is 2.25. The van der Waals surface area contributed by atoms with Crippen LogP contribution in [0.1, 0.15) is 10.4 Å². The summed E-state index contributed by atoms with van der Waals surface area (Å²) in [5.74, 6) is -3.56. The molecule has 0 aliphatic carbocycles. The fourth-order valence-electron chi connectivity index (χ4n) is 3.37. The quantitative estimate of drug-likeness (QED) is 0.224. The Morgan fingerprint density at radius 2 is 1.69 bits per heavy atom. The van der Waals surface area contributed by atoms with Crippen LogP contribution in [0.2, 0.25) is 0 Å². The van der Waals surface area contributed by atoms with Crippen molar-refractivity contribution in [3.8, 4) is 0 Å². The van der Waals surface area contributed by atoms with Gasteiger partial charge in [-0.3, -0.25) is 4.98 Å². The molecule has 0 saturated heterocycles. The smallest absolute Gasteiger partial charge is 0.477 e. The zero-order valence-electron chi connectivity index (χ0n) is 19.9. The minimum Gasteiger partial charge on any atom is -0.477 e. The summed E-state index contributed by atoms with van der Waals surface area (Å²) < 4.78 is 41.3. The molecule has 0 spiro atoms. The molecule has 0 radical (unpaired) electrons. The Morgan fingerprint density at radius 1 is 1.00 bits per heavy atom. The number of H-pyrrole nitrogens is 1. The largest absolute Gasteiger partial charge is 0.490 e. The molecular formula is C25H18F3N5O6. The molecule has 39 heavy (non-hydrogen) atoms. The highest BCUT2D eigenvalue weighted by atomic mass is 19.4. The average Bonchev–Trinajstić information content (AvgIpc) is 3.27. The monoisotopic (exact) mass is 541 g/mol. The molecule has 5 aromatic rings. The molecule has 14 heteroatoms. The molecule has 5 rings (SSSR count). The first-order valence-electron chi connectivity index (χ1n) is 10.9. The molecule has 4 N–H and O–H groups in total. The Kier molecular flexibility index (Phi) is 7.46. The number of oxazole rings is 1. The van der Waals surface area contributed by atoms with Gasteiger partial charge in [0.2, 0.25) is 5.95 Å². The number of aromatic nitrogens is 3. The molecule has 0 unspecified atom stereocenters. The fourth-order valence-corrected chi connectivity index (χ4v) is 3.37. The Morgan fingerprint density at radius 3 is 2.36 bits per heavy atom. The van der Waals surface area contributed by atoms with Crippen LogP contribution in [0.15, 0.2) is 76.1 Å². The van der Waals surface area contributed by atoms with Gasteiger partial charge in [-0.2, -0.15) is 18.2 Å². The summed E-state index contributed by atoms with van der Waals surface area (Å²) in [5.41, 5.74) is 2.09. The summed E-state index contributed by atoms with van der Waals surface area (Å²) in [6.45, 7) is 0. The number of alkyl halides is 3. The Hall–Kier alpha value is -5.40. The number of carboxylic acid groups (broad SMARTS) is 1. The number of ether oxygens (including phenoxy) is 1. The summed E-state index contributed by atoms with van der Waals surface area (Å²) >= 11 is 0. The Labute approximate surface area is 216 Å². The third-order valence-electron chi connectivity index (χ3n) is 5.12. The number of fused-ring (bicyclic) bond motifs is 2. The highest BCUT2D eigenvalue weighted by molar-refractivity contribution is 5.94. The SMILES string of the molecule is COC(=O)C(F)(F)F.O=C(O)c1cnc(Nc2ccc3ccccc3c2)nc1Nc1ccc2oc(=O)[nH]c2c1. The van der Waals surface area contributed by atoms with E-state index in [4.69, 9.17) is 4.42 Å². The minimum absolute atomic E-state index is 0.0927. The standard InChI is InChI=1S/C22H15N5O4.C3H3F3O2/c28-20(29)16-11-23-21(25-14-6-5-12-3-1-2-4-13(12)9-14)27-19(16)24-15-7-8-18-17(10-15)26-22(30)31-18;1-8-2(7)3(4,5)6/h1-11H,(H,26,30)(H,28,29)(H2,23,24,25,27);1H3. The molecular weight excluding hydrogens is 523 g/mol. The van der Waals surface area contributed by atoms with Crippen molar-refractivity contribution in [3.63, 3.8) is 0 Å². The van der Waals surface area contributed by atoms with Gasteiger partial charge in [0.05, 0.1) is 12.6 Å². The van der Waals surface area contributed by atoms with E-state index in [9.17, 15) is 32.7 Å². The third kappa shape index (κ3) is 6.49. The molecule has 0 fully saturated rings. The number of halogens is 3. The van der Waals surface area contributed by atoms with Gasteiger partial charge in [-0.1, -0.05) is 30.3 Å². The molecule has 11 nitrogen and oxygen atoms in total. The maximum Gasteiger partial charge on any atom is 0.490 e. The van der Waals surface area contributed by atoms with Gasteiger partial charge < -0.3 is 24.9 Å². The first kappa shape index (κ1) is 26.7. The van der Waals surface area contributed by atoms with E-state index in [0.717, 1.165) is 16.5 Å². The van der Waals surface area contributed by atoms with E-state index in [-0.39, 0.29) is 17.3 Å². The van der Waals surface area contributed by atoms with Crippen LogP contribution in [0.4, 0.5) is 36.3 Å². The summed E-state index contributed by atoms with van der Waals surface area (Å²) in [6, 6.07) is 18.7. The first-order valence-corrected chi connectivity index (χ1v) is 10.9. The van der Waals surface area contributed by atoms with Crippen LogP contribution in [-0.4, -0.2) is 45.3 Å². The zero-order valence-corrected chi connectivity index (χ0v) is 19.9. The predicted octanol–water partition coefficient (Wildman–Crippen LogP) is 4.97. The van der Waals surface area contributed by atoms with Crippen LogP contribution >= 0.6 is 0 Å². The molecule has 0 saturated carbocycles. The van der Waals surface area contributed by atoms with Crippen molar-refractivity contribution in [3.05, 3.63) is 83.0 Å². The van der Waals surface area contributed by atoms with E-state index in [2.05, 4.69) is 30.3 Å². The van der Waals surface area contributed by atoms with Gasteiger partial charge in [0.15, 0.2) is 11.4 Å². The van der Waals surface area contributed by atoms with Crippen LogP contribution in [-0.2, 0) is 9.53 Å². The number of hydrogen-bond acceptors (Lipinski definition) is 9. The van der Waals surface area contributed by atoms with Crippen molar-refractivity contribution >= 4 is 57.0 Å². The topological polar surface area (TPSA) is 159 Å². The average molecular weight is 541 g/mol. The van der Waals surface area contributed by atoms with Crippen molar-refractivity contribution in [2.75, 3.05) is 17.7 Å². The lowest BCUT2D eigenvalue weighted by atomic mass is 10.1. The van der Waals surface area contributed by atoms with Crippen molar-refractivity contribution in [1.82, 2.24) is 15.0 Å². The van der Waals surface area contributed by atoms with E-state index in [1.54, 1.807) is 18.2 Å². The number of esters is 1. The normalized spacial score (nSPS) is 11.0. The predicted molar refractivity (Wildman–Crippen MR) is 134 cm³/mol. The summed E-state index contributed by atoms with van der Waals surface area (Å²) in [5, 5.41) is 17.7. The number of nitrogens with one attached hydrogen (secondary N) is 3. The molecule has 0 aliphatic heterocycles. The van der Waals surface area contributed by atoms with Crippen LogP contribution < -0.4 is 16.4 Å². The molecule has 0 amide bonds. The maximum absolute atomic E-state index is 11.6. The Balaban J connectivity index is 0.000000386. The summed E-state index contributed by atoms with van der Waals surface area (Å²) in [6.07, 6.45) is -3.62. The lowest BCUT2D eigenvalue weighted by Gasteiger charge is -2.11. The van der Waals surface area contributed by atoms with Gasteiger partial charge in [0.25, 0.3) is 0 Å². The highest BCUT2D eigenvalue weighted by Gasteiger charge is 2.40. The van der Waals surface area contributed by atoms with Gasteiger partial charge in [0, 0.05) is 17.6 Å². The van der Waals surface area contributed by atoms with Gasteiger partial charge in [-0.05, 0) is 41.1 Å². The van der Waals surface area contributed by atoms with Crippen LogP contribution in [0.25, 0.3) is 21.9 Å². The van der Waals surface area contributed by atoms with Crippen molar-refractivity contribution in [2.45, 2.75) is 6.18 Å². The van der Waals surface area contributed by atoms with Crippen molar-refractivity contribution < 1.29 is 37.0 Å². The Bertz CT molecular complexity index is 1730. The zero-order chi connectivity index (χ0) is 28.2. The second-order valence-electron chi connectivity index (χ2n) is 7.79. The lowest BCUT2D eigenvalue weighted by Crippen LogP contribution is -2.23. The number of carbonyl (C=O) groups is 2. The third-order valence-corrected chi connectivity index (χ3v) is 5.12. The molecule has 0 atom stereocenters. The lowest BCUT2D eigenvalue weighted by molar-refractivity contribution is -0.196. The molecule has 2 heterocycles. The number of anilines is 4. The maximum atomic E-state index is 11.6. The van der Waals surface area contributed by atoms with Crippen LogP contribution in [0, 0.1) is 0 Å². The van der Waals surface area contributed by atoms with Gasteiger partial charge >= 0.3 is 23.9 Å². The first-order chi connectivity index (χ1) is 18.5. The number of methoxy groups -OCH3 is 1. The minimum atomic E-state index is -4.85. The number of nitrogens with zero attached hydrogens (tertiary/aromatic N) is 2. The van der Waals surface area contributed by atoms with E-state index in [1.165, 1.54) is 6.20 Å². The number of benzene rings is 3. The fraction of sp³-hybridized carbons (Fsp3) is 0.0800. The van der Waals surface area contributed by atoms with Crippen molar-refractivity contribution in [1.29, 1.82) is 0 Å². The van der Waals surface area contributed by atoms with Crippen LogP contribution in [0.3, 0.4) is 0 Å². The van der Waals surface area contributed by atoms with E-state index in [1.807, 2.05) is 42.5 Å². The van der Waals surface area contributed by atoms with Crippen molar-refractivity contribution in [2.24, 2.45) is 0 Å². The number of hydrogen-bond donors (Lipinski definition) is 4. The molecule has 200 valence electrons. The van der Waals surface area contributed by atoms with Crippen LogP contribution in [0.5, 0.6) is 0 Å². The summed E-state index contributed by atoms with van der Waals surface area (Å²) in [4.78, 5) is 43.5. The number of carboxylic acids is 1. The molecule has 2 aromatic heterocycles. The molecule has 3 aromatic carbocycles. The number of rotatable bonds is 5. The number of aromatic amines is 1.